The van der Waals surface area contributed by atoms with E-state index in [-0.39, 0.29) is 0 Å². The van der Waals surface area contributed by atoms with E-state index in [1.165, 1.54) is 0 Å². The fraction of sp³-hybridized carbons (Fsp3) is 0.462. The second-order valence-corrected chi connectivity index (χ2v) is 4.90. The van der Waals surface area contributed by atoms with Gasteiger partial charge >= 0.3 is 0 Å². The van der Waals surface area contributed by atoms with Crippen molar-refractivity contribution in [2.75, 3.05) is 31.1 Å². The van der Waals surface area contributed by atoms with Crippen LogP contribution in [0.2, 0.25) is 0 Å². The van der Waals surface area contributed by atoms with E-state index in [2.05, 4.69) is 24.8 Å². The summed E-state index contributed by atoms with van der Waals surface area (Å²) in [5.41, 5.74) is 6.89. The van der Waals surface area contributed by atoms with Gasteiger partial charge in [-0.1, -0.05) is 13.8 Å². The number of benzene rings is 1. The zero-order valence-electron chi connectivity index (χ0n) is 10.4. The summed E-state index contributed by atoms with van der Waals surface area (Å²) in [6.45, 7) is 7.61. The molecule has 1 rings (SSSR count). The quantitative estimate of drug-likeness (QED) is 0.622. The highest BCUT2D eigenvalue weighted by Crippen LogP contribution is 2.22. The number of anilines is 1. The third-order valence-electron chi connectivity index (χ3n) is 2.71. The Morgan fingerprint density at radius 3 is 2.59 bits per heavy atom. The maximum Gasteiger partial charge on any atom is 0.101 e. The molecule has 1 aromatic rings. The SMILES string of the molecule is CCN(CC)CCSc1ccc(C#N)c(N)c1. The highest BCUT2D eigenvalue weighted by molar-refractivity contribution is 7.99. The highest BCUT2D eigenvalue weighted by Gasteiger charge is 2.02. The number of nitrogens with two attached hydrogens (primary N) is 1. The molecule has 0 unspecified atom stereocenters. The number of hydrogen-bond donors (Lipinski definition) is 1. The summed E-state index contributed by atoms with van der Waals surface area (Å²) < 4.78 is 0. The minimum Gasteiger partial charge on any atom is -0.398 e. The minimum atomic E-state index is 0.554. The Hall–Kier alpha value is -1.18. The van der Waals surface area contributed by atoms with Crippen molar-refractivity contribution in [3.63, 3.8) is 0 Å². The molecule has 1 aromatic carbocycles. The Kier molecular flexibility index (Phi) is 5.88. The Morgan fingerprint density at radius 1 is 1.35 bits per heavy atom. The van der Waals surface area contributed by atoms with Gasteiger partial charge in [0.2, 0.25) is 0 Å². The Bertz CT molecular complexity index is 394. The van der Waals surface area contributed by atoms with Gasteiger partial charge in [0.1, 0.15) is 6.07 Å². The van der Waals surface area contributed by atoms with Crippen LogP contribution in [0.15, 0.2) is 23.1 Å². The monoisotopic (exact) mass is 249 g/mol. The van der Waals surface area contributed by atoms with Crippen LogP contribution >= 0.6 is 11.8 Å². The summed E-state index contributed by atoms with van der Waals surface area (Å²) in [6.07, 6.45) is 0. The van der Waals surface area contributed by atoms with Crippen LogP contribution in [0.4, 0.5) is 5.69 Å². The van der Waals surface area contributed by atoms with Crippen LogP contribution in [0.3, 0.4) is 0 Å². The van der Waals surface area contributed by atoms with Crippen LogP contribution in [0, 0.1) is 11.3 Å². The molecule has 0 saturated heterocycles. The van der Waals surface area contributed by atoms with Gasteiger partial charge in [0.25, 0.3) is 0 Å². The molecule has 0 aliphatic rings. The molecule has 0 spiro atoms. The molecule has 0 aromatic heterocycles. The third kappa shape index (κ3) is 4.29. The van der Waals surface area contributed by atoms with Crippen molar-refractivity contribution in [1.29, 1.82) is 5.26 Å². The average Bonchev–Trinajstić information content (AvgIpc) is 2.35. The van der Waals surface area contributed by atoms with E-state index >= 15 is 0 Å². The second kappa shape index (κ2) is 7.21. The number of nitrogens with zero attached hydrogens (tertiary/aromatic N) is 2. The maximum absolute atomic E-state index is 8.78. The third-order valence-corrected chi connectivity index (χ3v) is 3.69. The van der Waals surface area contributed by atoms with Crippen LogP contribution in [0.1, 0.15) is 19.4 Å². The zero-order chi connectivity index (χ0) is 12.7. The van der Waals surface area contributed by atoms with Crippen molar-refractivity contribution >= 4 is 17.4 Å². The number of nitriles is 1. The lowest BCUT2D eigenvalue weighted by molar-refractivity contribution is 0.324. The molecule has 0 aliphatic heterocycles. The molecule has 17 heavy (non-hydrogen) atoms. The first kappa shape index (κ1) is 13.9. The molecule has 2 N–H and O–H groups in total. The van der Waals surface area contributed by atoms with Gasteiger partial charge in [0, 0.05) is 17.2 Å². The largest absolute Gasteiger partial charge is 0.398 e. The standard InChI is InChI=1S/C13H19N3S/c1-3-16(4-2)7-8-17-12-6-5-11(10-14)13(15)9-12/h5-6,9H,3-4,7-8,15H2,1-2H3. The van der Waals surface area contributed by atoms with Gasteiger partial charge in [0.15, 0.2) is 0 Å². The van der Waals surface area contributed by atoms with E-state index in [0.717, 1.165) is 30.3 Å². The van der Waals surface area contributed by atoms with Crippen molar-refractivity contribution in [3.05, 3.63) is 23.8 Å². The van der Waals surface area contributed by atoms with Crippen molar-refractivity contribution in [3.8, 4) is 6.07 Å². The van der Waals surface area contributed by atoms with Crippen LogP contribution in [0.25, 0.3) is 0 Å². The van der Waals surface area contributed by atoms with E-state index in [1.54, 1.807) is 17.8 Å². The summed E-state index contributed by atoms with van der Waals surface area (Å²) in [5, 5.41) is 8.78. The van der Waals surface area contributed by atoms with Gasteiger partial charge in [-0.15, -0.1) is 11.8 Å². The predicted molar refractivity (Wildman–Crippen MR) is 74.1 cm³/mol. The first-order valence-corrected chi connectivity index (χ1v) is 6.84. The van der Waals surface area contributed by atoms with Crippen LogP contribution in [-0.2, 0) is 0 Å². The van der Waals surface area contributed by atoms with Gasteiger partial charge in [-0.25, -0.2) is 0 Å². The Labute approximate surface area is 108 Å². The van der Waals surface area contributed by atoms with Crippen LogP contribution < -0.4 is 5.73 Å². The smallest absolute Gasteiger partial charge is 0.101 e. The highest BCUT2D eigenvalue weighted by atomic mass is 32.2. The van der Waals surface area contributed by atoms with E-state index < -0.39 is 0 Å². The summed E-state index contributed by atoms with van der Waals surface area (Å²) in [7, 11) is 0. The molecule has 0 radical (unpaired) electrons. The number of hydrogen-bond acceptors (Lipinski definition) is 4. The lowest BCUT2D eigenvalue weighted by Gasteiger charge is -2.17. The molecule has 92 valence electrons. The number of rotatable bonds is 6. The van der Waals surface area contributed by atoms with Crippen molar-refractivity contribution in [2.45, 2.75) is 18.7 Å². The van der Waals surface area contributed by atoms with Gasteiger partial charge in [0.05, 0.1) is 11.3 Å². The lowest BCUT2D eigenvalue weighted by Crippen LogP contribution is -2.25. The average molecular weight is 249 g/mol. The fourth-order valence-electron chi connectivity index (χ4n) is 1.56. The maximum atomic E-state index is 8.78. The molecule has 0 heterocycles. The molecule has 3 nitrogen and oxygen atoms in total. The summed E-state index contributed by atoms with van der Waals surface area (Å²) >= 11 is 1.78. The van der Waals surface area contributed by atoms with E-state index in [1.807, 2.05) is 12.1 Å². The normalized spacial score (nSPS) is 10.5. The lowest BCUT2D eigenvalue weighted by atomic mass is 10.2. The second-order valence-electron chi connectivity index (χ2n) is 3.74. The van der Waals surface area contributed by atoms with Gasteiger partial charge in [-0.05, 0) is 31.3 Å². The molecule has 0 fully saturated rings. The first-order chi connectivity index (χ1) is 8.21. The predicted octanol–water partition coefficient (Wildman–Crippen LogP) is 2.57. The fourth-order valence-corrected chi connectivity index (χ4v) is 2.52. The van der Waals surface area contributed by atoms with Crippen LogP contribution in [0.5, 0.6) is 0 Å². The molecular formula is C13H19N3S. The van der Waals surface area contributed by atoms with Crippen molar-refractivity contribution in [1.82, 2.24) is 4.90 Å². The van der Waals surface area contributed by atoms with Crippen molar-refractivity contribution in [2.24, 2.45) is 0 Å². The van der Waals surface area contributed by atoms with Crippen molar-refractivity contribution < 1.29 is 0 Å². The van der Waals surface area contributed by atoms with Gasteiger partial charge < -0.3 is 10.6 Å². The van der Waals surface area contributed by atoms with Gasteiger partial charge in [-0.2, -0.15) is 5.26 Å². The molecule has 0 amide bonds. The van der Waals surface area contributed by atoms with Gasteiger partial charge in [-0.3, -0.25) is 0 Å². The van der Waals surface area contributed by atoms with Crippen LogP contribution in [-0.4, -0.2) is 30.3 Å². The summed E-state index contributed by atoms with van der Waals surface area (Å²) in [6, 6.07) is 7.70. The number of nitrogen functional groups attached to an aromatic ring is 1. The Morgan fingerprint density at radius 2 is 2.06 bits per heavy atom. The van der Waals surface area contributed by atoms with E-state index in [0.29, 0.717) is 11.3 Å². The summed E-state index contributed by atoms with van der Waals surface area (Å²) in [4.78, 5) is 3.52. The molecular weight excluding hydrogens is 230 g/mol. The molecule has 0 saturated carbocycles. The van der Waals surface area contributed by atoms with E-state index in [4.69, 9.17) is 11.0 Å². The topological polar surface area (TPSA) is 53.0 Å². The van der Waals surface area contributed by atoms with E-state index in [9.17, 15) is 0 Å². The summed E-state index contributed by atoms with van der Waals surface area (Å²) in [5.74, 6) is 1.05. The molecule has 4 heteroatoms. The number of thioether (sulfide) groups is 1. The first-order valence-electron chi connectivity index (χ1n) is 5.86. The molecule has 0 aliphatic carbocycles. The zero-order valence-corrected chi connectivity index (χ0v) is 11.3. The Balaban J connectivity index is 2.48. The molecule has 0 bridgehead atoms. The minimum absolute atomic E-state index is 0.554. The molecule has 0 atom stereocenters.